The van der Waals surface area contributed by atoms with Gasteiger partial charge in [0.05, 0.1) is 18.2 Å². The Hall–Kier alpha value is -3.42. The van der Waals surface area contributed by atoms with Crippen LogP contribution in [0.3, 0.4) is 0 Å². The Bertz CT molecular complexity index is 883. The molecule has 0 spiro atoms. The lowest BCUT2D eigenvalue weighted by Crippen LogP contribution is -2.29. The largest absolute Gasteiger partial charge is 0.494 e. The Morgan fingerprint density at radius 3 is 2.42 bits per heavy atom. The van der Waals surface area contributed by atoms with Crippen LogP contribution in [0.15, 0.2) is 41.5 Å². The van der Waals surface area contributed by atoms with Gasteiger partial charge in [0.2, 0.25) is 5.88 Å². The number of imide groups is 1. The van der Waals surface area contributed by atoms with Crippen LogP contribution in [-0.4, -0.2) is 52.4 Å². The predicted octanol–water partition coefficient (Wildman–Crippen LogP) is 1.35. The number of carbonyl (C=O) groups excluding carboxylic acids is 3. The van der Waals surface area contributed by atoms with Crippen LogP contribution in [0, 0.1) is 0 Å². The average Bonchev–Trinajstić information content (AvgIpc) is 3.06. The van der Waals surface area contributed by atoms with Crippen LogP contribution < -0.4 is 0 Å². The summed E-state index contributed by atoms with van der Waals surface area (Å²) in [4.78, 5) is 40.3. The molecule has 2 aromatic rings. The Labute approximate surface area is 136 Å². The first-order chi connectivity index (χ1) is 11.5. The number of likely N-dealkylation sites (N-methyl/N-ethyl adjacent to an activating group) is 1. The highest BCUT2D eigenvalue weighted by Gasteiger charge is 2.37. The molecule has 0 radical (unpaired) electrons. The first kappa shape index (κ1) is 15.5. The van der Waals surface area contributed by atoms with Crippen molar-refractivity contribution >= 4 is 23.6 Å². The summed E-state index contributed by atoms with van der Waals surface area (Å²) < 4.78 is 6.02. The minimum absolute atomic E-state index is 0.0611. The minimum atomic E-state index is -0.766. The number of aromatic nitrogens is 1. The Balaban J connectivity index is 2.24. The number of methoxy groups -OCH3 is 1. The van der Waals surface area contributed by atoms with Gasteiger partial charge >= 0.3 is 12.0 Å². The minimum Gasteiger partial charge on any atom is -0.494 e. The van der Waals surface area contributed by atoms with E-state index in [4.69, 9.17) is 4.74 Å². The normalized spacial score (nSPS) is 14.1. The number of ether oxygens (including phenoxy) is 1. The van der Waals surface area contributed by atoms with Gasteiger partial charge in [0.15, 0.2) is 0 Å². The molecule has 1 aliphatic rings. The van der Waals surface area contributed by atoms with Crippen molar-refractivity contribution in [2.24, 2.45) is 4.99 Å². The second kappa shape index (κ2) is 5.65. The molecule has 0 aliphatic carbocycles. The van der Waals surface area contributed by atoms with E-state index in [1.54, 1.807) is 30.3 Å². The third-order valence-electron chi connectivity index (χ3n) is 3.66. The summed E-state index contributed by atoms with van der Waals surface area (Å²) in [6.45, 7) is 0. The summed E-state index contributed by atoms with van der Waals surface area (Å²) in [5, 5.41) is 10.6. The molecule has 24 heavy (non-hydrogen) atoms. The monoisotopic (exact) mass is 327 g/mol. The fourth-order valence-corrected chi connectivity index (χ4v) is 2.41. The number of amides is 3. The summed E-state index contributed by atoms with van der Waals surface area (Å²) in [5.74, 6) is -1.84. The molecule has 1 aromatic carbocycles. The number of benzene rings is 1. The molecule has 0 saturated heterocycles. The number of nitrogens with zero attached hydrogens (tertiary/aromatic N) is 3. The Morgan fingerprint density at radius 2 is 1.88 bits per heavy atom. The zero-order valence-electron chi connectivity index (χ0n) is 12.9. The molecule has 2 heterocycles. The van der Waals surface area contributed by atoms with E-state index in [2.05, 4.69) is 4.99 Å². The van der Waals surface area contributed by atoms with Gasteiger partial charge in [-0.1, -0.05) is 18.2 Å². The van der Waals surface area contributed by atoms with Crippen LogP contribution in [0.4, 0.5) is 4.79 Å². The molecule has 0 fully saturated rings. The van der Waals surface area contributed by atoms with Crippen LogP contribution in [0.25, 0.3) is 5.69 Å². The van der Waals surface area contributed by atoms with Crippen molar-refractivity contribution < 1.29 is 24.2 Å². The molecule has 122 valence electrons. The second-order valence-electron chi connectivity index (χ2n) is 5.05. The number of hydrogen-bond acceptors (Lipinski definition) is 5. The molecule has 3 amide bonds. The summed E-state index contributed by atoms with van der Waals surface area (Å²) in [6, 6.07) is 7.95. The highest BCUT2D eigenvalue weighted by molar-refractivity contribution is 6.52. The summed E-state index contributed by atoms with van der Waals surface area (Å²) in [7, 11) is 2.45. The number of esters is 1. The molecule has 1 aliphatic heterocycles. The lowest BCUT2D eigenvalue weighted by molar-refractivity contribution is -0.119. The van der Waals surface area contributed by atoms with Gasteiger partial charge in [0, 0.05) is 18.9 Å². The van der Waals surface area contributed by atoms with Crippen molar-refractivity contribution in [2.75, 3.05) is 14.2 Å². The zero-order valence-corrected chi connectivity index (χ0v) is 12.9. The van der Waals surface area contributed by atoms with E-state index < -0.39 is 17.9 Å². The number of rotatable bonds is 3. The number of aromatic hydroxyl groups is 1. The van der Waals surface area contributed by atoms with Crippen LogP contribution >= 0.6 is 0 Å². The topological polar surface area (TPSA) is 101 Å². The van der Waals surface area contributed by atoms with Gasteiger partial charge in [-0.2, -0.15) is 4.99 Å². The standard InChI is InChI=1S/C16H13N3O5/c1-18-14(21)12(17-16(18)23)11-10(15(22)24-2)8-19(13(11)20)9-6-4-3-5-7-9/h3-8,20H,1-2H3. The van der Waals surface area contributed by atoms with Crippen molar-refractivity contribution in [3.05, 3.63) is 47.7 Å². The molecule has 8 nitrogen and oxygen atoms in total. The van der Waals surface area contributed by atoms with Gasteiger partial charge < -0.3 is 9.84 Å². The van der Waals surface area contributed by atoms with E-state index in [9.17, 15) is 19.5 Å². The third kappa shape index (κ3) is 2.24. The third-order valence-corrected chi connectivity index (χ3v) is 3.66. The number of para-hydroxylation sites is 1. The zero-order chi connectivity index (χ0) is 17.4. The summed E-state index contributed by atoms with van der Waals surface area (Å²) in [5.41, 5.74) is 0.0784. The van der Waals surface area contributed by atoms with Crippen molar-refractivity contribution in [1.29, 1.82) is 0 Å². The molecule has 1 N–H and O–H groups in total. The van der Waals surface area contributed by atoms with Gasteiger partial charge in [0.25, 0.3) is 5.91 Å². The van der Waals surface area contributed by atoms with E-state index in [-0.39, 0.29) is 22.7 Å². The molecule has 8 heteroatoms. The summed E-state index contributed by atoms with van der Waals surface area (Å²) >= 11 is 0. The predicted molar refractivity (Wildman–Crippen MR) is 83.5 cm³/mol. The van der Waals surface area contributed by atoms with E-state index in [0.717, 1.165) is 4.90 Å². The van der Waals surface area contributed by atoms with Crippen molar-refractivity contribution in [3.8, 4) is 11.6 Å². The Morgan fingerprint density at radius 1 is 1.21 bits per heavy atom. The maximum absolute atomic E-state index is 12.2. The van der Waals surface area contributed by atoms with Crippen molar-refractivity contribution in [2.45, 2.75) is 0 Å². The number of urea groups is 1. The molecule has 0 saturated carbocycles. The fraction of sp³-hybridized carbons (Fsp3) is 0.125. The van der Waals surface area contributed by atoms with Crippen molar-refractivity contribution in [1.82, 2.24) is 9.47 Å². The molecule has 0 bridgehead atoms. The van der Waals surface area contributed by atoms with E-state index in [0.29, 0.717) is 5.69 Å². The molecule has 0 atom stereocenters. The molecular formula is C16H13N3O5. The highest BCUT2D eigenvalue weighted by Crippen LogP contribution is 2.30. The maximum Gasteiger partial charge on any atom is 0.351 e. The van der Waals surface area contributed by atoms with E-state index >= 15 is 0 Å². The lowest BCUT2D eigenvalue weighted by Gasteiger charge is -2.06. The summed E-state index contributed by atoms with van der Waals surface area (Å²) in [6.07, 6.45) is 1.34. The lowest BCUT2D eigenvalue weighted by atomic mass is 10.1. The SMILES string of the molecule is COC(=O)c1cn(-c2ccccc2)c(O)c1C1=NC(=O)N(C)C1=O. The van der Waals surface area contributed by atoms with Gasteiger partial charge in [-0.3, -0.25) is 14.3 Å². The van der Waals surface area contributed by atoms with Crippen molar-refractivity contribution in [3.63, 3.8) is 0 Å². The Kier molecular flexibility index (Phi) is 3.64. The molecule has 3 rings (SSSR count). The fourth-order valence-electron chi connectivity index (χ4n) is 2.41. The first-order valence-electron chi connectivity index (χ1n) is 6.94. The van der Waals surface area contributed by atoms with E-state index in [1.807, 2.05) is 0 Å². The highest BCUT2D eigenvalue weighted by atomic mass is 16.5. The van der Waals surface area contributed by atoms with Crippen LogP contribution in [0.2, 0.25) is 0 Å². The van der Waals surface area contributed by atoms with Gasteiger partial charge in [-0.15, -0.1) is 0 Å². The van der Waals surface area contributed by atoms with Crippen LogP contribution in [0.5, 0.6) is 5.88 Å². The number of carbonyl (C=O) groups is 3. The first-order valence-corrected chi connectivity index (χ1v) is 6.94. The molecular weight excluding hydrogens is 314 g/mol. The maximum atomic E-state index is 12.2. The smallest absolute Gasteiger partial charge is 0.351 e. The van der Waals surface area contributed by atoms with Gasteiger partial charge in [0.1, 0.15) is 5.71 Å². The van der Waals surface area contributed by atoms with Crippen LogP contribution in [0.1, 0.15) is 15.9 Å². The number of hydrogen-bond donors (Lipinski definition) is 1. The average molecular weight is 327 g/mol. The van der Waals surface area contributed by atoms with Crippen LogP contribution in [-0.2, 0) is 9.53 Å². The number of aliphatic imine (C=N–C) groups is 1. The van der Waals surface area contributed by atoms with E-state index in [1.165, 1.54) is 24.9 Å². The second-order valence-corrected chi connectivity index (χ2v) is 5.05. The van der Waals surface area contributed by atoms with Gasteiger partial charge in [-0.25, -0.2) is 9.59 Å². The molecule has 1 aromatic heterocycles. The van der Waals surface area contributed by atoms with Gasteiger partial charge in [-0.05, 0) is 12.1 Å². The quantitative estimate of drug-likeness (QED) is 0.858. The molecule has 0 unspecified atom stereocenters.